The Morgan fingerprint density at radius 2 is 1.92 bits per heavy atom. The predicted molar refractivity (Wildman–Crippen MR) is 96.9 cm³/mol. The van der Waals surface area contributed by atoms with E-state index in [4.69, 9.17) is 16.0 Å². The minimum atomic E-state index is -1.09. The summed E-state index contributed by atoms with van der Waals surface area (Å²) in [4.78, 5) is 23.6. The Morgan fingerprint density at radius 1 is 1.21 bits per heavy atom. The fourth-order valence-corrected chi connectivity index (χ4v) is 3.50. The van der Waals surface area contributed by atoms with E-state index in [2.05, 4.69) is 15.9 Å². The van der Waals surface area contributed by atoms with E-state index in [0.717, 1.165) is 11.1 Å². The predicted octanol–water partition coefficient (Wildman–Crippen LogP) is 4.64. The van der Waals surface area contributed by atoms with Crippen LogP contribution in [0.4, 0.5) is 0 Å². The second-order valence-corrected chi connectivity index (χ2v) is 6.22. The van der Waals surface area contributed by atoms with Crippen LogP contribution in [0.25, 0.3) is 22.1 Å². The Balaban J connectivity index is 2.45. The number of aliphatic carboxylic acids is 1. The molecule has 122 valence electrons. The van der Waals surface area contributed by atoms with Gasteiger partial charge in [0.2, 0.25) is 0 Å². The molecular formula is C18H12BrClO4. The van der Waals surface area contributed by atoms with E-state index in [-0.39, 0.29) is 5.56 Å². The number of benzene rings is 2. The van der Waals surface area contributed by atoms with Crippen molar-refractivity contribution < 1.29 is 14.3 Å². The molecule has 0 saturated heterocycles. The van der Waals surface area contributed by atoms with Crippen LogP contribution in [0.1, 0.15) is 11.1 Å². The first kappa shape index (κ1) is 16.7. The molecule has 0 unspecified atom stereocenters. The standard InChI is InChI=1S/C18H12BrClO4/c19-9-11-6-12-15(8-14(11)20)24-18(23)13(7-16(21)22)17(12)10-4-2-1-3-5-10/h1-6,8H,7,9H2,(H,21,22). The number of carboxylic acids is 1. The molecule has 1 heterocycles. The number of carbonyl (C=O) groups is 1. The summed E-state index contributed by atoms with van der Waals surface area (Å²) in [5.74, 6) is -1.09. The van der Waals surface area contributed by atoms with Gasteiger partial charge in [-0.1, -0.05) is 57.9 Å². The lowest BCUT2D eigenvalue weighted by Crippen LogP contribution is -2.14. The van der Waals surface area contributed by atoms with Gasteiger partial charge in [-0.2, -0.15) is 0 Å². The molecule has 0 aliphatic carbocycles. The molecule has 1 N–H and O–H groups in total. The van der Waals surface area contributed by atoms with Crippen LogP contribution in [0.5, 0.6) is 0 Å². The Morgan fingerprint density at radius 3 is 2.54 bits per heavy atom. The molecule has 1 aromatic heterocycles. The summed E-state index contributed by atoms with van der Waals surface area (Å²) in [6.07, 6.45) is -0.408. The minimum absolute atomic E-state index is 0.129. The molecule has 3 aromatic rings. The van der Waals surface area contributed by atoms with Crippen LogP contribution in [0.15, 0.2) is 51.7 Å². The van der Waals surface area contributed by atoms with Gasteiger partial charge in [0.25, 0.3) is 0 Å². The quantitative estimate of drug-likeness (QED) is 0.505. The molecule has 3 rings (SSSR count). The van der Waals surface area contributed by atoms with Gasteiger partial charge >= 0.3 is 11.6 Å². The lowest BCUT2D eigenvalue weighted by molar-refractivity contribution is -0.136. The van der Waals surface area contributed by atoms with Crippen molar-refractivity contribution in [2.24, 2.45) is 0 Å². The van der Waals surface area contributed by atoms with E-state index in [1.807, 2.05) is 36.4 Å². The molecule has 0 saturated carbocycles. The highest BCUT2D eigenvalue weighted by atomic mass is 79.9. The van der Waals surface area contributed by atoms with Gasteiger partial charge in [0.1, 0.15) is 5.58 Å². The van der Waals surface area contributed by atoms with Gasteiger partial charge in [0.15, 0.2) is 0 Å². The van der Waals surface area contributed by atoms with Crippen LogP contribution >= 0.6 is 27.5 Å². The molecule has 0 atom stereocenters. The third-order valence-electron chi connectivity index (χ3n) is 3.70. The van der Waals surface area contributed by atoms with Crippen LogP contribution in [-0.2, 0) is 16.5 Å². The molecule has 0 bridgehead atoms. The molecule has 4 nitrogen and oxygen atoms in total. The average Bonchev–Trinajstić information content (AvgIpc) is 2.56. The maximum atomic E-state index is 12.3. The van der Waals surface area contributed by atoms with E-state index in [1.54, 1.807) is 6.07 Å². The maximum Gasteiger partial charge on any atom is 0.340 e. The van der Waals surface area contributed by atoms with E-state index >= 15 is 0 Å². The zero-order valence-corrected chi connectivity index (χ0v) is 14.7. The van der Waals surface area contributed by atoms with Gasteiger partial charge in [-0.25, -0.2) is 4.79 Å². The maximum absolute atomic E-state index is 12.3. The minimum Gasteiger partial charge on any atom is -0.481 e. The Labute approximate surface area is 150 Å². The second-order valence-electron chi connectivity index (χ2n) is 5.25. The first-order chi connectivity index (χ1) is 11.5. The summed E-state index contributed by atoms with van der Waals surface area (Å²) in [6.45, 7) is 0. The fourth-order valence-electron chi connectivity index (χ4n) is 2.65. The van der Waals surface area contributed by atoms with E-state index in [9.17, 15) is 14.7 Å². The molecule has 0 amide bonds. The van der Waals surface area contributed by atoms with Crippen LogP contribution in [0, 0.1) is 0 Å². The van der Waals surface area contributed by atoms with Crippen molar-refractivity contribution in [3.63, 3.8) is 0 Å². The second kappa shape index (κ2) is 6.79. The summed E-state index contributed by atoms with van der Waals surface area (Å²) < 4.78 is 5.32. The molecule has 2 aromatic carbocycles. The Kier molecular flexibility index (Phi) is 4.73. The first-order valence-corrected chi connectivity index (χ1v) is 8.62. The van der Waals surface area contributed by atoms with Crippen molar-refractivity contribution in [2.75, 3.05) is 0 Å². The number of alkyl halides is 1. The van der Waals surface area contributed by atoms with E-state index in [0.29, 0.717) is 26.9 Å². The molecule has 0 radical (unpaired) electrons. The Hall–Kier alpha value is -2.11. The third kappa shape index (κ3) is 3.09. The Bertz CT molecular complexity index is 980. The largest absolute Gasteiger partial charge is 0.481 e. The third-order valence-corrected chi connectivity index (χ3v) is 4.66. The monoisotopic (exact) mass is 406 g/mol. The number of halogens is 2. The van der Waals surface area contributed by atoms with Gasteiger partial charge in [-0.3, -0.25) is 4.79 Å². The van der Waals surface area contributed by atoms with Gasteiger partial charge in [0, 0.05) is 27.4 Å². The molecule has 0 aliphatic heterocycles. The number of carboxylic acid groups (broad SMARTS) is 1. The van der Waals surface area contributed by atoms with Crippen molar-refractivity contribution in [1.82, 2.24) is 0 Å². The normalized spacial score (nSPS) is 10.9. The lowest BCUT2D eigenvalue weighted by Gasteiger charge is -2.12. The zero-order chi connectivity index (χ0) is 17.3. The number of fused-ring (bicyclic) bond motifs is 1. The van der Waals surface area contributed by atoms with E-state index in [1.165, 1.54) is 0 Å². The van der Waals surface area contributed by atoms with Gasteiger partial charge in [-0.05, 0) is 17.2 Å². The average molecular weight is 408 g/mol. The summed E-state index contributed by atoms with van der Waals surface area (Å²) in [5, 5.41) is 10.8. The summed E-state index contributed by atoms with van der Waals surface area (Å²) >= 11 is 9.57. The SMILES string of the molecule is O=C(O)Cc1c(-c2ccccc2)c2cc(CBr)c(Cl)cc2oc1=O. The molecule has 0 aliphatic rings. The zero-order valence-electron chi connectivity index (χ0n) is 12.4. The van der Waals surface area contributed by atoms with Crippen molar-refractivity contribution in [3.05, 3.63) is 69.0 Å². The molecule has 0 spiro atoms. The first-order valence-electron chi connectivity index (χ1n) is 7.12. The topological polar surface area (TPSA) is 67.5 Å². The van der Waals surface area contributed by atoms with Crippen molar-refractivity contribution in [3.8, 4) is 11.1 Å². The highest BCUT2D eigenvalue weighted by molar-refractivity contribution is 9.08. The van der Waals surface area contributed by atoms with Crippen LogP contribution in [0.2, 0.25) is 5.02 Å². The van der Waals surface area contributed by atoms with Crippen LogP contribution in [0.3, 0.4) is 0 Å². The lowest BCUT2D eigenvalue weighted by atomic mass is 9.95. The van der Waals surface area contributed by atoms with Gasteiger partial charge in [0.05, 0.1) is 12.0 Å². The molecular weight excluding hydrogens is 396 g/mol. The highest BCUT2D eigenvalue weighted by Crippen LogP contribution is 2.34. The van der Waals surface area contributed by atoms with Crippen molar-refractivity contribution in [2.45, 2.75) is 11.8 Å². The highest BCUT2D eigenvalue weighted by Gasteiger charge is 2.19. The fraction of sp³-hybridized carbons (Fsp3) is 0.111. The van der Waals surface area contributed by atoms with Crippen molar-refractivity contribution in [1.29, 1.82) is 0 Å². The molecule has 0 fully saturated rings. The molecule has 6 heteroatoms. The summed E-state index contributed by atoms with van der Waals surface area (Å²) in [6, 6.07) is 12.6. The van der Waals surface area contributed by atoms with Gasteiger partial charge in [-0.15, -0.1) is 0 Å². The summed E-state index contributed by atoms with van der Waals surface area (Å²) in [5.41, 5.74) is 1.97. The van der Waals surface area contributed by atoms with E-state index < -0.39 is 18.0 Å². The molecule has 24 heavy (non-hydrogen) atoms. The number of hydrogen-bond acceptors (Lipinski definition) is 3. The summed E-state index contributed by atoms with van der Waals surface area (Å²) in [7, 11) is 0. The van der Waals surface area contributed by atoms with Crippen LogP contribution < -0.4 is 5.63 Å². The number of hydrogen-bond donors (Lipinski definition) is 1. The van der Waals surface area contributed by atoms with Crippen molar-refractivity contribution >= 4 is 44.5 Å². The smallest absolute Gasteiger partial charge is 0.340 e. The van der Waals surface area contributed by atoms with Gasteiger partial charge < -0.3 is 9.52 Å². The van der Waals surface area contributed by atoms with Crippen LogP contribution in [-0.4, -0.2) is 11.1 Å². The number of rotatable bonds is 4.